The zero-order valence-corrected chi connectivity index (χ0v) is 12.4. The van der Waals surface area contributed by atoms with Crippen LogP contribution in [0.3, 0.4) is 0 Å². The molecule has 0 bridgehead atoms. The standard InChI is InChI=1S/C17H27N3/c18-16-8-11-20(12-9-16)17-7-4-10-19(14-17)13-15-5-2-1-3-6-15/h1-3,5-6,16-17H,4,7-14,18H2. The van der Waals surface area contributed by atoms with E-state index in [1.165, 1.54) is 57.4 Å². The molecule has 2 fully saturated rings. The molecule has 20 heavy (non-hydrogen) atoms. The molecule has 1 atom stereocenters. The molecular formula is C17H27N3. The summed E-state index contributed by atoms with van der Waals surface area (Å²) in [5.41, 5.74) is 7.46. The Balaban J connectivity index is 1.54. The molecule has 2 aliphatic rings. The van der Waals surface area contributed by atoms with Crippen LogP contribution in [-0.4, -0.2) is 48.1 Å². The molecule has 0 aromatic heterocycles. The molecule has 0 amide bonds. The van der Waals surface area contributed by atoms with Crippen LogP contribution < -0.4 is 5.73 Å². The number of nitrogens with two attached hydrogens (primary N) is 1. The summed E-state index contributed by atoms with van der Waals surface area (Å²) in [5.74, 6) is 0. The molecule has 3 heteroatoms. The van der Waals surface area contributed by atoms with Gasteiger partial charge in [0.15, 0.2) is 0 Å². The first-order valence-corrected chi connectivity index (χ1v) is 8.07. The Morgan fingerprint density at radius 3 is 2.50 bits per heavy atom. The largest absolute Gasteiger partial charge is 0.328 e. The van der Waals surface area contributed by atoms with Gasteiger partial charge in [-0.2, -0.15) is 0 Å². The Hall–Kier alpha value is -0.900. The molecule has 2 N–H and O–H groups in total. The van der Waals surface area contributed by atoms with E-state index in [4.69, 9.17) is 5.73 Å². The summed E-state index contributed by atoms with van der Waals surface area (Å²) in [6.07, 6.45) is 5.05. The predicted molar refractivity (Wildman–Crippen MR) is 83.5 cm³/mol. The molecule has 1 unspecified atom stereocenters. The SMILES string of the molecule is NC1CCN(C2CCCN(Cc3ccccc3)C2)CC1. The summed E-state index contributed by atoms with van der Waals surface area (Å²) in [6, 6.07) is 12.0. The van der Waals surface area contributed by atoms with Gasteiger partial charge in [-0.05, 0) is 50.9 Å². The molecule has 0 saturated carbocycles. The first-order chi connectivity index (χ1) is 9.81. The second-order valence-electron chi connectivity index (χ2n) is 6.39. The molecule has 0 spiro atoms. The van der Waals surface area contributed by atoms with Gasteiger partial charge in [0.2, 0.25) is 0 Å². The van der Waals surface area contributed by atoms with Crippen molar-refractivity contribution in [2.75, 3.05) is 26.2 Å². The highest BCUT2D eigenvalue weighted by atomic mass is 15.2. The molecule has 2 aliphatic heterocycles. The Morgan fingerprint density at radius 1 is 1.00 bits per heavy atom. The van der Waals surface area contributed by atoms with Crippen molar-refractivity contribution >= 4 is 0 Å². The van der Waals surface area contributed by atoms with E-state index in [-0.39, 0.29) is 0 Å². The Bertz CT molecular complexity index is 398. The Labute approximate surface area is 122 Å². The van der Waals surface area contributed by atoms with E-state index in [0.717, 1.165) is 12.6 Å². The van der Waals surface area contributed by atoms with Crippen molar-refractivity contribution in [2.45, 2.75) is 44.3 Å². The first-order valence-electron chi connectivity index (χ1n) is 8.07. The van der Waals surface area contributed by atoms with Crippen LogP contribution >= 0.6 is 0 Å². The second kappa shape index (κ2) is 6.70. The minimum absolute atomic E-state index is 0.440. The van der Waals surface area contributed by atoms with E-state index in [1.807, 2.05) is 0 Å². The summed E-state index contributed by atoms with van der Waals surface area (Å²) in [6.45, 7) is 5.98. The number of benzene rings is 1. The quantitative estimate of drug-likeness (QED) is 0.915. The topological polar surface area (TPSA) is 32.5 Å². The lowest BCUT2D eigenvalue weighted by Crippen LogP contribution is -2.51. The maximum absolute atomic E-state index is 6.02. The zero-order valence-electron chi connectivity index (χ0n) is 12.4. The van der Waals surface area contributed by atoms with Gasteiger partial charge < -0.3 is 5.73 Å². The van der Waals surface area contributed by atoms with E-state index in [2.05, 4.69) is 40.1 Å². The average Bonchev–Trinajstić information content (AvgIpc) is 2.49. The number of rotatable bonds is 3. The van der Waals surface area contributed by atoms with Crippen LogP contribution in [0, 0.1) is 0 Å². The highest BCUT2D eigenvalue weighted by Gasteiger charge is 2.27. The molecule has 2 heterocycles. The van der Waals surface area contributed by atoms with Crippen molar-refractivity contribution in [3.8, 4) is 0 Å². The van der Waals surface area contributed by atoms with Gasteiger partial charge in [0.25, 0.3) is 0 Å². The van der Waals surface area contributed by atoms with Gasteiger partial charge >= 0.3 is 0 Å². The lowest BCUT2D eigenvalue weighted by atomic mass is 9.98. The third-order valence-corrected chi connectivity index (χ3v) is 4.82. The molecule has 110 valence electrons. The van der Waals surface area contributed by atoms with Gasteiger partial charge in [-0.1, -0.05) is 30.3 Å². The maximum atomic E-state index is 6.02. The normalized spacial score (nSPS) is 26.8. The van der Waals surface area contributed by atoms with Crippen LogP contribution in [0.2, 0.25) is 0 Å². The fourth-order valence-corrected chi connectivity index (χ4v) is 3.60. The van der Waals surface area contributed by atoms with E-state index in [9.17, 15) is 0 Å². The molecule has 3 rings (SSSR count). The van der Waals surface area contributed by atoms with Gasteiger partial charge in [0.05, 0.1) is 0 Å². The van der Waals surface area contributed by atoms with Crippen molar-refractivity contribution in [3.05, 3.63) is 35.9 Å². The van der Waals surface area contributed by atoms with Crippen LogP contribution in [0.1, 0.15) is 31.2 Å². The Morgan fingerprint density at radius 2 is 1.75 bits per heavy atom. The van der Waals surface area contributed by atoms with Crippen LogP contribution in [-0.2, 0) is 6.54 Å². The molecule has 2 saturated heterocycles. The molecule has 3 nitrogen and oxygen atoms in total. The number of nitrogens with zero attached hydrogens (tertiary/aromatic N) is 2. The molecule has 1 aromatic carbocycles. The summed E-state index contributed by atoms with van der Waals surface area (Å²) < 4.78 is 0. The minimum Gasteiger partial charge on any atom is -0.328 e. The molecule has 0 aliphatic carbocycles. The van der Waals surface area contributed by atoms with Gasteiger partial charge in [0, 0.05) is 25.2 Å². The first kappa shape index (κ1) is 14.1. The van der Waals surface area contributed by atoms with Crippen LogP contribution in [0.25, 0.3) is 0 Å². The monoisotopic (exact) mass is 273 g/mol. The number of likely N-dealkylation sites (tertiary alicyclic amines) is 2. The van der Waals surface area contributed by atoms with E-state index >= 15 is 0 Å². The van der Waals surface area contributed by atoms with Crippen molar-refractivity contribution in [3.63, 3.8) is 0 Å². The third-order valence-electron chi connectivity index (χ3n) is 4.82. The number of hydrogen-bond acceptors (Lipinski definition) is 3. The molecular weight excluding hydrogens is 246 g/mol. The average molecular weight is 273 g/mol. The van der Waals surface area contributed by atoms with Crippen molar-refractivity contribution in [1.82, 2.24) is 9.80 Å². The number of piperidine rings is 2. The fourth-order valence-electron chi connectivity index (χ4n) is 3.60. The van der Waals surface area contributed by atoms with E-state index in [1.54, 1.807) is 0 Å². The van der Waals surface area contributed by atoms with E-state index in [0.29, 0.717) is 6.04 Å². The summed E-state index contributed by atoms with van der Waals surface area (Å²) >= 11 is 0. The minimum atomic E-state index is 0.440. The van der Waals surface area contributed by atoms with Gasteiger partial charge in [0.1, 0.15) is 0 Å². The van der Waals surface area contributed by atoms with Crippen LogP contribution in [0.5, 0.6) is 0 Å². The Kier molecular flexibility index (Phi) is 4.71. The summed E-state index contributed by atoms with van der Waals surface area (Å²) in [7, 11) is 0. The lowest BCUT2D eigenvalue weighted by Gasteiger charge is -2.42. The smallest absolute Gasteiger partial charge is 0.0234 e. The van der Waals surface area contributed by atoms with Gasteiger partial charge in [-0.3, -0.25) is 9.80 Å². The maximum Gasteiger partial charge on any atom is 0.0234 e. The zero-order chi connectivity index (χ0) is 13.8. The van der Waals surface area contributed by atoms with Gasteiger partial charge in [-0.15, -0.1) is 0 Å². The molecule has 1 aromatic rings. The van der Waals surface area contributed by atoms with Crippen molar-refractivity contribution in [2.24, 2.45) is 5.73 Å². The van der Waals surface area contributed by atoms with E-state index < -0.39 is 0 Å². The van der Waals surface area contributed by atoms with Crippen molar-refractivity contribution < 1.29 is 0 Å². The van der Waals surface area contributed by atoms with Crippen LogP contribution in [0.4, 0.5) is 0 Å². The number of hydrogen-bond donors (Lipinski definition) is 1. The lowest BCUT2D eigenvalue weighted by molar-refractivity contribution is 0.0751. The van der Waals surface area contributed by atoms with Crippen molar-refractivity contribution in [1.29, 1.82) is 0 Å². The highest BCUT2D eigenvalue weighted by Crippen LogP contribution is 2.21. The van der Waals surface area contributed by atoms with Gasteiger partial charge in [-0.25, -0.2) is 0 Å². The van der Waals surface area contributed by atoms with Crippen LogP contribution in [0.15, 0.2) is 30.3 Å². The third kappa shape index (κ3) is 3.60. The predicted octanol–water partition coefficient (Wildman–Crippen LogP) is 2.07. The molecule has 0 radical (unpaired) electrons. The highest BCUT2D eigenvalue weighted by molar-refractivity contribution is 5.14. The fraction of sp³-hybridized carbons (Fsp3) is 0.647. The summed E-state index contributed by atoms with van der Waals surface area (Å²) in [5, 5.41) is 0. The summed E-state index contributed by atoms with van der Waals surface area (Å²) in [4.78, 5) is 5.30. The second-order valence-corrected chi connectivity index (χ2v) is 6.39.